The summed E-state index contributed by atoms with van der Waals surface area (Å²) < 4.78 is 10.6. The van der Waals surface area contributed by atoms with E-state index in [0.717, 1.165) is 17.5 Å². The lowest BCUT2D eigenvalue weighted by Crippen LogP contribution is -2.24. The van der Waals surface area contributed by atoms with Crippen molar-refractivity contribution in [3.63, 3.8) is 0 Å². The van der Waals surface area contributed by atoms with Crippen LogP contribution in [0.5, 0.6) is 11.5 Å². The summed E-state index contributed by atoms with van der Waals surface area (Å²) in [5, 5.41) is 0. The normalized spacial score (nSPS) is 17.2. The lowest BCUT2D eigenvalue weighted by atomic mass is 9.89. The van der Waals surface area contributed by atoms with Crippen molar-refractivity contribution in [2.45, 2.75) is 12.8 Å². The summed E-state index contributed by atoms with van der Waals surface area (Å²) in [7, 11) is 4.79. The Hall–Kier alpha value is -2.30. The number of nitrogens with zero attached hydrogens (tertiary/aromatic N) is 1. The van der Waals surface area contributed by atoms with Gasteiger partial charge in [-0.25, -0.2) is 0 Å². The lowest BCUT2D eigenvalue weighted by Gasteiger charge is -2.23. The van der Waals surface area contributed by atoms with Crippen molar-refractivity contribution in [1.29, 1.82) is 0 Å². The average molecular weight is 273 g/mol. The second-order valence-electron chi connectivity index (χ2n) is 4.88. The first kappa shape index (κ1) is 12.7. The number of methoxy groups -OCH3 is 2. The molecular formula is C15H15NO4. The third-order valence-corrected chi connectivity index (χ3v) is 3.90. The molecule has 1 aliphatic carbocycles. The zero-order valence-corrected chi connectivity index (χ0v) is 11.6. The van der Waals surface area contributed by atoms with Gasteiger partial charge in [-0.15, -0.1) is 0 Å². The Kier molecular flexibility index (Phi) is 2.78. The Morgan fingerprint density at radius 3 is 2.35 bits per heavy atom. The van der Waals surface area contributed by atoms with Crippen LogP contribution in [0.1, 0.15) is 17.5 Å². The number of amides is 1. The molecule has 0 radical (unpaired) electrons. The first-order chi connectivity index (χ1) is 9.58. The van der Waals surface area contributed by atoms with Gasteiger partial charge in [-0.2, -0.15) is 0 Å². The number of benzene rings is 1. The third-order valence-electron chi connectivity index (χ3n) is 3.90. The fourth-order valence-electron chi connectivity index (χ4n) is 2.88. The second-order valence-corrected chi connectivity index (χ2v) is 4.88. The van der Waals surface area contributed by atoms with Crippen LogP contribution in [0.4, 0.5) is 0 Å². The van der Waals surface area contributed by atoms with Crippen LogP contribution < -0.4 is 9.47 Å². The number of ketones is 1. The van der Waals surface area contributed by atoms with Crippen LogP contribution in [0, 0.1) is 0 Å². The smallest absolute Gasteiger partial charge is 0.298 e. The predicted octanol–water partition coefficient (Wildman–Crippen LogP) is 1.40. The van der Waals surface area contributed by atoms with Gasteiger partial charge >= 0.3 is 0 Å². The van der Waals surface area contributed by atoms with Crippen molar-refractivity contribution in [1.82, 2.24) is 4.90 Å². The molecule has 1 aromatic rings. The highest BCUT2D eigenvalue weighted by Crippen LogP contribution is 2.42. The monoisotopic (exact) mass is 273 g/mol. The van der Waals surface area contributed by atoms with E-state index in [9.17, 15) is 9.59 Å². The molecule has 0 aromatic heterocycles. The van der Waals surface area contributed by atoms with E-state index in [2.05, 4.69) is 0 Å². The van der Waals surface area contributed by atoms with Crippen LogP contribution >= 0.6 is 0 Å². The Labute approximate surface area is 116 Å². The van der Waals surface area contributed by atoms with E-state index in [1.807, 2.05) is 12.1 Å². The fraction of sp³-hybridized carbons (Fsp3) is 0.333. The van der Waals surface area contributed by atoms with Crippen molar-refractivity contribution in [3.8, 4) is 11.5 Å². The Morgan fingerprint density at radius 1 is 1.05 bits per heavy atom. The molecule has 0 bridgehead atoms. The van der Waals surface area contributed by atoms with E-state index in [1.54, 1.807) is 21.3 Å². The van der Waals surface area contributed by atoms with Crippen LogP contribution in [0.15, 0.2) is 17.7 Å². The van der Waals surface area contributed by atoms with E-state index >= 15 is 0 Å². The van der Waals surface area contributed by atoms with Gasteiger partial charge in [0.1, 0.15) is 0 Å². The molecule has 0 fully saturated rings. The van der Waals surface area contributed by atoms with Crippen molar-refractivity contribution in [3.05, 3.63) is 28.8 Å². The van der Waals surface area contributed by atoms with Gasteiger partial charge in [0.15, 0.2) is 11.5 Å². The summed E-state index contributed by atoms with van der Waals surface area (Å²) in [4.78, 5) is 25.2. The Morgan fingerprint density at radius 2 is 1.70 bits per heavy atom. The quantitative estimate of drug-likeness (QED) is 0.764. The molecule has 5 nitrogen and oxygen atoms in total. The van der Waals surface area contributed by atoms with E-state index in [1.165, 1.54) is 4.90 Å². The topological polar surface area (TPSA) is 55.8 Å². The summed E-state index contributed by atoms with van der Waals surface area (Å²) in [5.41, 5.74) is 3.26. The Balaban J connectivity index is 2.21. The van der Waals surface area contributed by atoms with E-state index in [4.69, 9.17) is 9.47 Å². The molecule has 1 aliphatic heterocycles. The molecule has 5 heteroatoms. The number of fused-ring (bicyclic) bond motifs is 2. The van der Waals surface area contributed by atoms with Crippen LogP contribution in [0.3, 0.4) is 0 Å². The molecule has 0 N–H and O–H groups in total. The number of rotatable bonds is 2. The highest BCUT2D eigenvalue weighted by atomic mass is 16.5. The number of hydrogen-bond acceptors (Lipinski definition) is 4. The summed E-state index contributed by atoms with van der Waals surface area (Å²) in [6.07, 6.45) is 1.31. The minimum atomic E-state index is -0.461. The van der Waals surface area contributed by atoms with Gasteiger partial charge in [0, 0.05) is 18.2 Å². The maximum absolute atomic E-state index is 11.9. The van der Waals surface area contributed by atoms with Crippen molar-refractivity contribution in [2.75, 3.05) is 21.3 Å². The minimum Gasteiger partial charge on any atom is -0.493 e. The number of likely N-dealkylation sites (N-methyl/N-ethyl adjacent to an activating group) is 1. The largest absolute Gasteiger partial charge is 0.493 e. The van der Waals surface area contributed by atoms with E-state index in [-0.39, 0.29) is 5.78 Å². The molecule has 2 aliphatic rings. The number of aryl methyl sites for hydroxylation is 1. The number of hydrogen-bond donors (Lipinski definition) is 0. The summed E-state index contributed by atoms with van der Waals surface area (Å²) in [6.45, 7) is 0. The third kappa shape index (κ3) is 1.56. The average Bonchev–Trinajstić information content (AvgIpc) is 2.70. The summed E-state index contributed by atoms with van der Waals surface area (Å²) in [6, 6.07) is 3.75. The number of Topliss-reactive ketones (excluding diaryl/α,β-unsaturated/α-hetero) is 1. The molecule has 0 atom stereocenters. The number of carbonyl (C=O) groups is 2. The van der Waals surface area contributed by atoms with Crippen LogP contribution in [-0.4, -0.2) is 37.9 Å². The molecule has 3 rings (SSSR count). The summed E-state index contributed by atoms with van der Waals surface area (Å²) in [5.74, 6) is 0.411. The highest BCUT2D eigenvalue weighted by Gasteiger charge is 2.39. The second kappa shape index (κ2) is 4.37. The molecule has 104 valence electrons. The first-order valence-electron chi connectivity index (χ1n) is 6.39. The molecule has 0 saturated carbocycles. The molecule has 0 spiro atoms. The van der Waals surface area contributed by atoms with Gasteiger partial charge in [0.05, 0.1) is 19.9 Å². The molecule has 0 unspecified atom stereocenters. The van der Waals surface area contributed by atoms with Gasteiger partial charge in [-0.3, -0.25) is 9.59 Å². The minimum absolute atomic E-state index is 0.386. The van der Waals surface area contributed by atoms with Crippen molar-refractivity contribution < 1.29 is 19.1 Å². The van der Waals surface area contributed by atoms with Crippen molar-refractivity contribution in [2.24, 2.45) is 0 Å². The van der Waals surface area contributed by atoms with E-state index < -0.39 is 5.91 Å². The highest BCUT2D eigenvalue weighted by molar-refractivity contribution is 6.48. The molecule has 1 heterocycles. The maximum Gasteiger partial charge on any atom is 0.298 e. The van der Waals surface area contributed by atoms with E-state index in [0.29, 0.717) is 29.2 Å². The molecule has 20 heavy (non-hydrogen) atoms. The zero-order valence-electron chi connectivity index (χ0n) is 11.6. The van der Waals surface area contributed by atoms with Crippen LogP contribution in [0.25, 0.3) is 5.70 Å². The SMILES string of the molecule is COc1cc2c(cc1OC)C1=C(CC2)C(=O)C(=O)N1C. The van der Waals surface area contributed by atoms with Gasteiger partial charge in [-0.1, -0.05) is 0 Å². The maximum atomic E-state index is 11.9. The summed E-state index contributed by atoms with van der Waals surface area (Å²) >= 11 is 0. The van der Waals surface area contributed by atoms with Gasteiger partial charge in [0.2, 0.25) is 5.78 Å². The number of carbonyl (C=O) groups excluding carboxylic acids is 2. The molecule has 0 saturated heterocycles. The van der Waals surface area contributed by atoms with Gasteiger partial charge in [-0.05, 0) is 30.5 Å². The first-order valence-corrected chi connectivity index (χ1v) is 6.39. The van der Waals surface area contributed by atoms with Gasteiger partial charge in [0.25, 0.3) is 5.91 Å². The van der Waals surface area contributed by atoms with Gasteiger partial charge < -0.3 is 14.4 Å². The van der Waals surface area contributed by atoms with Crippen molar-refractivity contribution >= 4 is 17.4 Å². The number of ether oxygens (including phenoxy) is 2. The standard InChI is InChI=1S/C15H15NO4/c1-16-13-9(14(17)15(16)18)5-4-8-6-11(19-2)12(20-3)7-10(8)13/h6-7H,4-5H2,1-3H3. The fourth-order valence-corrected chi connectivity index (χ4v) is 2.88. The zero-order chi connectivity index (χ0) is 14.4. The Bertz CT molecular complexity index is 660. The lowest BCUT2D eigenvalue weighted by molar-refractivity contribution is -0.138. The molecular weight excluding hydrogens is 258 g/mol. The molecule has 1 amide bonds. The van der Waals surface area contributed by atoms with Crippen LogP contribution in [-0.2, 0) is 16.0 Å². The molecule has 1 aromatic carbocycles. The predicted molar refractivity (Wildman–Crippen MR) is 72.6 cm³/mol. The van der Waals surface area contributed by atoms with Crippen LogP contribution in [0.2, 0.25) is 0 Å².